The van der Waals surface area contributed by atoms with Gasteiger partial charge < -0.3 is 13.3 Å². The van der Waals surface area contributed by atoms with Crippen molar-refractivity contribution < 1.29 is 18.1 Å². The maximum Gasteiger partial charge on any atom is 0.578 e. The Morgan fingerprint density at radius 2 is 1.32 bits per heavy atom. The van der Waals surface area contributed by atoms with Crippen LogP contribution in [-0.4, -0.2) is 35.5 Å². The topological polar surface area (TPSA) is 44.8 Å². The zero-order valence-electron chi connectivity index (χ0n) is 15.1. The predicted octanol–water partition coefficient (Wildman–Crippen LogP) is 4.45. The Labute approximate surface area is 137 Å². The summed E-state index contributed by atoms with van der Waals surface area (Å²) in [6.45, 7) is 4.23. The van der Waals surface area contributed by atoms with Gasteiger partial charge in [0.2, 0.25) is 5.41 Å². The molecule has 0 spiro atoms. The van der Waals surface area contributed by atoms with Gasteiger partial charge in [0.25, 0.3) is 0 Å². The Balaban J connectivity index is 4.00. The van der Waals surface area contributed by atoms with Crippen LogP contribution in [0.2, 0.25) is 0 Å². The van der Waals surface area contributed by atoms with Gasteiger partial charge in [0, 0.05) is 21.3 Å². The Morgan fingerprint density at radius 3 is 1.77 bits per heavy atom. The summed E-state index contributed by atoms with van der Waals surface area (Å²) in [5, 5.41) is -0.169. The molecule has 0 bridgehead atoms. The molecule has 0 radical (unpaired) electrons. The molecule has 0 aliphatic heterocycles. The van der Waals surface area contributed by atoms with Gasteiger partial charge in [-0.3, -0.25) is 4.79 Å². The van der Waals surface area contributed by atoms with Crippen molar-refractivity contribution in [3.05, 3.63) is 11.6 Å². The molecule has 0 amide bonds. The van der Waals surface area contributed by atoms with E-state index >= 15 is 0 Å². The number of unbranched alkanes of at least 4 members (excludes halogenated alkanes) is 7. The monoisotopic (exact) mass is 330 g/mol. The minimum Gasteiger partial charge on any atom is -0.372 e. The molecular weight excluding hydrogens is 296 g/mol. The Hall–Kier alpha value is -0.493. The smallest absolute Gasteiger partial charge is 0.372 e. The number of carbonyl (C=O) groups is 1. The molecule has 0 aliphatic rings. The molecule has 0 saturated carbocycles. The van der Waals surface area contributed by atoms with Crippen LogP contribution < -0.4 is 0 Å². The molecule has 0 unspecified atom stereocenters. The quantitative estimate of drug-likeness (QED) is 0.268. The fourth-order valence-corrected chi connectivity index (χ4v) is 4.00. The van der Waals surface area contributed by atoms with Gasteiger partial charge in [0.15, 0.2) is 0 Å². The van der Waals surface area contributed by atoms with Crippen molar-refractivity contribution in [3.8, 4) is 0 Å². The van der Waals surface area contributed by atoms with E-state index in [-0.39, 0.29) is 5.41 Å². The van der Waals surface area contributed by atoms with Gasteiger partial charge in [0.05, 0.1) is 0 Å². The lowest BCUT2D eigenvalue weighted by atomic mass is 10.0. The first-order valence-corrected chi connectivity index (χ1v) is 10.2. The van der Waals surface area contributed by atoms with Crippen molar-refractivity contribution in [2.75, 3.05) is 21.3 Å². The van der Waals surface area contributed by atoms with E-state index in [0.29, 0.717) is 0 Å². The van der Waals surface area contributed by atoms with Crippen LogP contribution >= 0.6 is 0 Å². The van der Waals surface area contributed by atoms with Gasteiger partial charge in [-0.25, -0.2) is 0 Å². The molecule has 0 rings (SSSR count). The summed E-state index contributed by atoms with van der Waals surface area (Å²) in [4.78, 5) is 12.2. The number of allylic oxidation sites excluding steroid dienone is 2. The van der Waals surface area contributed by atoms with Crippen LogP contribution in [0.3, 0.4) is 0 Å². The standard InChI is InChI=1S/C17H34O4Si/c1-6-7-8-9-10-11-12-13-14-16(2)15-17(18)22(19-3,20-4)21-5/h15H,6-14H2,1-5H3. The fraction of sp³-hybridized carbons (Fsp3) is 0.824. The summed E-state index contributed by atoms with van der Waals surface area (Å²) in [6.07, 6.45) is 12.9. The maximum absolute atomic E-state index is 12.2. The normalized spacial score (nSPS) is 12.7. The molecule has 0 N–H and O–H groups in total. The van der Waals surface area contributed by atoms with Crippen LogP contribution in [-0.2, 0) is 18.1 Å². The molecule has 0 aromatic carbocycles. The van der Waals surface area contributed by atoms with E-state index in [1.165, 1.54) is 66.3 Å². The minimum absolute atomic E-state index is 0.169. The molecule has 130 valence electrons. The van der Waals surface area contributed by atoms with Crippen LogP contribution in [0, 0.1) is 0 Å². The zero-order chi connectivity index (χ0) is 16.8. The fourth-order valence-electron chi connectivity index (χ4n) is 2.47. The van der Waals surface area contributed by atoms with Gasteiger partial charge in [-0.2, -0.15) is 0 Å². The second-order valence-electron chi connectivity index (χ2n) is 5.75. The number of rotatable bonds is 14. The molecule has 0 saturated heterocycles. The highest BCUT2D eigenvalue weighted by atomic mass is 28.4. The van der Waals surface area contributed by atoms with Crippen molar-refractivity contribution in [3.63, 3.8) is 0 Å². The first kappa shape index (κ1) is 21.5. The molecule has 22 heavy (non-hydrogen) atoms. The molecular formula is C17H34O4Si. The summed E-state index contributed by atoms with van der Waals surface area (Å²) in [7, 11) is 1.20. The van der Waals surface area contributed by atoms with Crippen molar-refractivity contribution in [2.24, 2.45) is 0 Å². The summed E-state index contributed by atoms with van der Waals surface area (Å²) < 4.78 is 15.6. The first-order chi connectivity index (χ1) is 10.6. The lowest BCUT2D eigenvalue weighted by Crippen LogP contribution is -2.50. The third-order valence-electron chi connectivity index (χ3n) is 3.91. The second kappa shape index (κ2) is 13.0. The Morgan fingerprint density at radius 1 is 0.864 bits per heavy atom. The van der Waals surface area contributed by atoms with E-state index in [1.807, 2.05) is 6.92 Å². The number of hydrogen-bond donors (Lipinski definition) is 0. The van der Waals surface area contributed by atoms with E-state index < -0.39 is 8.80 Å². The summed E-state index contributed by atoms with van der Waals surface area (Å²) in [5.74, 6) is 0. The Kier molecular flexibility index (Phi) is 12.7. The van der Waals surface area contributed by atoms with E-state index in [1.54, 1.807) is 6.08 Å². The molecule has 0 aliphatic carbocycles. The van der Waals surface area contributed by atoms with E-state index in [9.17, 15) is 4.79 Å². The summed E-state index contributed by atoms with van der Waals surface area (Å²) >= 11 is 0. The predicted molar refractivity (Wildman–Crippen MR) is 92.8 cm³/mol. The average Bonchev–Trinajstić information content (AvgIpc) is 2.52. The van der Waals surface area contributed by atoms with Crippen LogP contribution in [0.15, 0.2) is 11.6 Å². The van der Waals surface area contributed by atoms with Crippen LogP contribution in [0.5, 0.6) is 0 Å². The number of hydrogen-bond acceptors (Lipinski definition) is 4. The lowest BCUT2D eigenvalue weighted by molar-refractivity contribution is -0.114. The molecule has 0 atom stereocenters. The van der Waals surface area contributed by atoms with Crippen molar-refractivity contribution in [1.29, 1.82) is 0 Å². The third kappa shape index (κ3) is 8.22. The molecule has 4 nitrogen and oxygen atoms in total. The lowest BCUT2D eigenvalue weighted by Gasteiger charge is -2.21. The highest BCUT2D eigenvalue weighted by Gasteiger charge is 2.46. The highest BCUT2D eigenvalue weighted by Crippen LogP contribution is 2.15. The second-order valence-corrected chi connectivity index (χ2v) is 8.58. The molecule has 0 heterocycles. The van der Waals surface area contributed by atoms with Gasteiger partial charge in [0.1, 0.15) is 0 Å². The largest absolute Gasteiger partial charge is 0.578 e. The van der Waals surface area contributed by atoms with Gasteiger partial charge in [-0.05, 0) is 25.8 Å². The summed E-state index contributed by atoms with van der Waals surface area (Å²) in [6, 6.07) is 0. The third-order valence-corrected chi connectivity index (χ3v) is 6.27. The average molecular weight is 331 g/mol. The van der Waals surface area contributed by atoms with Crippen molar-refractivity contribution >= 4 is 14.2 Å². The van der Waals surface area contributed by atoms with Crippen LogP contribution in [0.4, 0.5) is 0 Å². The van der Waals surface area contributed by atoms with Crippen molar-refractivity contribution in [2.45, 2.75) is 71.6 Å². The van der Waals surface area contributed by atoms with Crippen LogP contribution in [0.25, 0.3) is 0 Å². The Bertz CT molecular complexity index is 316. The van der Waals surface area contributed by atoms with Crippen molar-refractivity contribution in [1.82, 2.24) is 0 Å². The zero-order valence-corrected chi connectivity index (χ0v) is 16.1. The molecule has 0 fully saturated rings. The maximum atomic E-state index is 12.2. The van der Waals surface area contributed by atoms with Gasteiger partial charge in [-0.1, -0.05) is 57.4 Å². The van der Waals surface area contributed by atoms with E-state index in [4.69, 9.17) is 13.3 Å². The number of carbonyl (C=O) groups excluding carboxylic acids is 1. The minimum atomic E-state index is -3.17. The van der Waals surface area contributed by atoms with Crippen LogP contribution in [0.1, 0.15) is 71.6 Å². The van der Waals surface area contributed by atoms with E-state index in [2.05, 4.69) is 6.92 Å². The SMILES string of the molecule is CCCCCCCCCCC(C)=CC(=O)[Si](OC)(OC)OC. The first-order valence-electron chi connectivity index (χ1n) is 8.43. The van der Waals surface area contributed by atoms with Gasteiger partial charge >= 0.3 is 8.80 Å². The van der Waals surface area contributed by atoms with E-state index in [0.717, 1.165) is 18.4 Å². The molecule has 0 aromatic heterocycles. The highest BCUT2D eigenvalue weighted by molar-refractivity contribution is 6.94. The van der Waals surface area contributed by atoms with Gasteiger partial charge in [-0.15, -0.1) is 0 Å². The molecule has 5 heteroatoms. The molecule has 0 aromatic rings. The summed E-state index contributed by atoms with van der Waals surface area (Å²) in [5.41, 5.74) is 1.07.